The minimum Gasteiger partial charge on any atom is -0.323 e. The average molecular weight is 195 g/mol. The van der Waals surface area contributed by atoms with Gasteiger partial charge in [0, 0.05) is 0 Å². The van der Waals surface area contributed by atoms with Gasteiger partial charge < -0.3 is 14.8 Å². The van der Waals surface area contributed by atoms with Gasteiger partial charge in [0.15, 0.2) is 0 Å². The van der Waals surface area contributed by atoms with Gasteiger partial charge in [-0.2, -0.15) is 0 Å². The molecular weight excluding hydrogens is 181 g/mol. The minimum atomic E-state index is -3.57. The maximum absolute atomic E-state index is 11.5. The number of nitrogens with two attached hydrogens (primary N) is 1. The molecule has 0 aromatic carbocycles. The number of carbonyl (C=O) groups is 1. The van der Waals surface area contributed by atoms with Crippen LogP contribution in [0.3, 0.4) is 0 Å². The summed E-state index contributed by atoms with van der Waals surface area (Å²) < 4.78 is 20.9. The molecule has 0 unspecified atom stereocenters. The fraction of sp³-hybridized carbons (Fsp3) is 0.833. The normalized spacial score (nSPS) is 11.6. The van der Waals surface area contributed by atoms with E-state index in [0.29, 0.717) is 0 Å². The highest BCUT2D eigenvalue weighted by Crippen LogP contribution is 2.48. The second-order valence-electron chi connectivity index (χ2n) is 1.93. The SMILES string of the molecule is CCOP(=O)(OCC)C(=O)CN. The van der Waals surface area contributed by atoms with Gasteiger partial charge in [0.2, 0.25) is 0 Å². The Bertz CT molecular complexity index is 184. The highest BCUT2D eigenvalue weighted by molar-refractivity contribution is 7.71. The molecule has 0 radical (unpaired) electrons. The molecular formula is C6H14NO4P. The monoisotopic (exact) mass is 195 g/mol. The summed E-state index contributed by atoms with van der Waals surface area (Å²) in [5, 5.41) is 0. The molecule has 0 bridgehead atoms. The van der Waals surface area contributed by atoms with Crippen molar-refractivity contribution in [1.29, 1.82) is 0 Å². The summed E-state index contributed by atoms with van der Waals surface area (Å²) in [6.07, 6.45) is 0. The molecule has 0 aromatic heterocycles. The third kappa shape index (κ3) is 3.03. The first kappa shape index (κ1) is 11.8. The standard InChI is InChI=1S/C6H14NO4P/c1-3-10-12(9,11-4-2)6(8)5-7/h3-5,7H2,1-2H3. The van der Waals surface area contributed by atoms with E-state index in [4.69, 9.17) is 14.8 Å². The minimum absolute atomic E-state index is 0.170. The van der Waals surface area contributed by atoms with E-state index in [-0.39, 0.29) is 19.8 Å². The van der Waals surface area contributed by atoms with Crippen LogP contribution in [0.1, 0.15) is 13.8 Å². The van der Waals surface area contributed by atoms with E-state index in [2.05, 4.69) is 0 Å². The van der Waals surface area contributed by atoms with Crippen molar-refractivity contribution in [3.8, 4) is 0 Å². The zero-order valence-corrected chi connectivity index (χ0v) is 8.17. The van der Waals surface area contributed by atoms with Crippen LogP contribution < -0.4 is 5.73 Å². The van der Waals surface area contributed by atoms with Gasteiger partial charge >= 0.3 is 7.60 Å². The molecule has 0 fully saturated rings. The quantitative estimate of drug-likeness (QED) is 0.632. The predicted molar refractivity (Wildman–Crippen MR) is 44.9 cm³/mol. The Morgan fingerprint density at radius 2 is 1.75 bits per heavy atom. The Morgan fingerprint density at radius 1 is 1.33 bits per heavy atom. The van der Waals surface area contributed by atoms with E-state index in [1.165, 1.54) is 0 Å². The van der Waals surface area contributed by atoms with Crippen molar-refractivity contribution < 1.29 is 18.4 Å². The average Bonchev–Trinajstić information content (AvgIpc) is 2.04. The molecule has 72 valence electrons. The lowest BCUT2D eigenvalue weighted by molar-refractivity contribution is -0.112. The largest absolute Gasteiger partial charge is 0.398 e. The van der Waals surface area contributed by atoms with Crippen molar-refractivity contribution >= 4 is 13.1 Å². The van der Waals surface area contributed by atoms with Gasteiger partial charge in [-0.25, -0.2) is 0 Å². The zero-order valence-electron chi connectivity index (χ0n) is 7.28. The predicted octanol–water partition coefficient (Wildman–Crippen LogP) is 0.738. The second kappa shape index (κ2) is 5.43. The van der Waals surface area contributed by atoms with Gasteiger partial charge in [0.1, 0.15) is 0 Å². The summed E-state index contributed by atoms with van der Waals surface area (Å²) in [5.74, 6) is 0. The summed E-state index contributed by atoms with van der Waals surface area (Å²) in [4.78, 5) is 11.0. The Morgan fingerprint density at radius 3 is 2.00 bits per heavy atom. The van der Waals surface area contributed by atoms with Crippen LogP contribution in [0.25, 0.3) is 0 Å². The maximum atomic E-state index is 11.5. The summed E-state index contributed by atoms with van der Waals surface area (Å²) in [5.41, 5.74) is 4.36. The molecule has 0 saturated carbocycles. The van der Waals surface area contributed by atoms with Crippen LogP contribution in [-0.2, 0) is 18.4 Å². The summed E-state index contributed by atoms with van der Waals surface area (Å²) >= 11 is 0. The number of hydrogen-bond donors (Lipinski definition) is 1. The lowest BCUT2D eigenvalue weighted by Crippen LogP contribution is -2.16. The van der Waals surface area contributed by atoms with E-state index in [0.717, 1.165) is 0 Å². The smallest absolute Gasteiger partial charge is 0.323 e. The van der Waals surface area contributed by atoms with Crippen molar-refractivity contribution in [2.24, 2.45) is 5.73 Å². The van der Waals surface area contributed by atoms with Crippen LogP contribution in [0.5, 0.6) is 0 Å². The number of hydrogen-bond acceptors (Lipinski definition) is 5. The molecule has 0 aliphatic rings. The molecule has 5 nitrogen and oxygen atoms in total. The number of carbonyl (C=O) groups excluding carboxylic acids is 1. The summed E-state index contributed by atoms with van der Waals surface area (Å²) in [6.45, 7) is 3.29. The van der Waals surface area contributed by atoms with Gasteiger partial charge in [-0.15, -0.1) is 0 Å². The molecule has 0 aromatic rings. The fourth-order valence-electron chi connectivity index (χ4n) is 0.633. The van der Waals surface area contributed by atoms with E-state index < -0.39 is 13.1 Å². The molecule has 0 aliphatic carbocycles. The Balaban J connectivity index is 4.38. The lowest BCUT2D eigenvalue weighted by Gasteiger charge is -2.13. The third-order valence-corrected chi connectivity index (χ3v) is 3.07. The van der Waals surface area contributed by atoms with Crippen LogP contribution in [0.15, 0.2) is 0 Å². The second-order valence-corrected chi connectivity index (χ2v) is 3.94. The van der Waals surface area contributed by atoms with Crippen LogP contribution in [0, 0.1) is 0 Å². The summed E-state index contributed by atoms with van der Waals surface area (Å²) in [6, 6.07) is 0. The van der Waals surface area contributed by atoms with Crippen LogP contribution in [0.4, 0.5) is 0 Å². The van der Waals surface area contributed by atoms with E-state index in [9.17, 15) is 9.36 Å². The molecule has 0 rings (SSSR count). The van der Waals surface area contributed by atoms with Crippen molar-refractivity contribution in [2.75, 3.05) is 19.8 Å². The van der Waals surface area contributed by atoms with E-state index >= 15 is 0 Å². The van der Waals surface area contributed by atoms with Crippen molar-refractivity contribution in [1.82, 2.24) is 0 Å². The van der Waals surface area contributed by atoms with Gasteiger partial charge in [-0.3, -0.25) is 9.36 Å². The van der Waals surface area contributed by atoms with E-state index in [1.54, 1.807) is 13.8 Å². The maximum Gasteiger partial charge on any atom is 0.398 e. The highest BCUT2D eigenvalue weighted by atomic mass is 31.2. The Hall–Kier alpha value is -0.220. The molecule has 0 saturated heterocycles. The zero-order chi connectivity index (χ0) is 9.61. The van der Waals surface area contributed by atoms with Gasteiger partial charge in [-0.05, 0) is 13.8 Å². The lowest BCUT2D eigenvalue weighted by atomic mass is 10.8. The molecule has 0 amide bonds. The molecule has 2 N–H and O–H groups in total. The first-order valence-electron chi connectivity index (χ1n) is 3.73. The van der Waals surface area contributed by atoms with Crippen LogP contribution >= 0.6 is 7.60 Å². The highest BCUT2D eigenvalue weighted by Gasteiger charge is 2.32. The topological polar surface area (TPSA) is 78.6 Å². The van der Waals surface area contributed by atoms with Crippen molar-refractivity contribution in [3.05, 3.63) is 0 Å². The van der Waals surface area contributed by atoms with Crippen molar-refractivity contribution in [3.63, 3.8) is 0 Å². The molecule has 0 heterocycles. The first-order chi connectivity index (χ1) is 5.60. The third-order valence-electron chi connectivity index (χ3n) is 1.08. The van der Waals surface area contributed by atoms with Gasteiger partial charge in [0.05, 0.1) is 19.8 Å². The Labute approximate surface area is 71.8 Å². The summed E-state index contributed by atoms with van der Waals surface area (Å²) in [7, 11) is -3.57. The van der Waals surface area contributed by atoms with Crippen molar-refractivity contribution in [2.45, 2.75) is 13.8 Å². The molecule has 6 heteroatoms. The van der Waals surface area contributed by atoms with Gasteiger partial charge in [-0.1, -0.05) is 0 Å². The van der Waals surface area contributed by atoms with Gasteiger partial charge in [0.25, 0.3) is 5.52 Å². The van der Waals surface area contributed by atoms with Crippen LogP contribution in [-0.4, -0.2) is 25.3 Å². The molecule has 12 heavy (non-hydrogen) atoms. The fourth-order valence-corrected chi connectivity index (χ4v) is 1.90. The number of rotatable bonds is 6. The molecule has 0 atom stereocenters. The van der Waals surface area contributed by atoms with E-state index in [1.807, 2.05) is 0 Å². The molecule has 0 spiro atoms. The molecule has 0 aliphatic heterocycles. The van der Waals surface area contributed by atoms with Crippen LogP contribution in [0.2, 0.25) is 0 Å². The first-order valence-corrected chi connectivity index (χ1v) is 5.27. The Kier molecular flexibility index (Phi) is 5.33.